The maximum Gasteiger partial charge on any atom is 0.313 e. The van der Waals surface area contributed by atoms with Crippen molar-refractivity contribution in [3.63, 3.8) is 0 Å². The van der Waals surface area contributed by atoms with Gasteiger partial charge in [0.05, 0.1) is 23.8 Å². The number of aryl methyl sites for hydroxylation is 1. The molecular weight excluding hydrogens is 288 g/mol. The van der Waals surface area contributed by atoms with E-state index in [4.69, 9.17) is 5.11 Å². The van der Waals surface area contributed by atoms with Crippen LogP contribution >= 0.6 is 11.8 Å². The summed E-state index contributed by atoms with van der Waals surface area (Å²) in [5.74, 6) is -0.862. The second kappa shape index (κ2) is 5.93. The summed E-state index contributed by atoms with van der Waals surface area (Å²) < 4.78 is 3.83. The van der Waals surface area contributed by atoms with Crippen molar-refractivity contribution >= 4 is 17.7 Å². The Morgan fingerprint density at radius 3 is 2.62 bits per heavy atom. The zero-order valence-corrected chi connectivity index (χ0v) is 13.5. The normalized spacial score (nSPS) is 11.8. The zero-order valence-electron chi connectivity index (χ0n) is 12.7. The number of aromatic nitrogens is 4. The molecule has 0 aliphatic heterocycles. The fourth-order valence-corrected chi connectivity index (χ4v) is 2.70. The lowest BCUT2D eigenvalue weighted by Crippen LogP contribution is -2.17. The second-order valence-electron chi connectivity index (χ2n) is 5.75. The van der Waals surface area contributed by atoms with Crippen LogP contribution in [0.15, 0.2) is 23.7 Å². The van der Waals surface area contributed by atoms with Gasteiger partial charge in [0.2, 0.25) is 0 Å². The predicted octanol–water partition coefficient (Wildman–Crippen LogP) is 2.56. The van der Waals surface area contributed by atoms with Gasteiger partial charge in [-0.3, -0.25) is 14.0 Å². The molecule has 0 atom stereocenters. The minimum Gasteiger partial charge on any atom is -0.481 e. The van der Waals surface area contributed by atoms with E-state index in [2.05, 4.69) is 30.9 Å². The van der Waals surface area contributed by atoms with Crippen LogP contribution < -0.4 is 0 Å². The molecule has 2 rings (SSSR count). The van der Waals surface area contributed by atoms with Crippen molar-refractivity contribution in [1.29, 1.82) is 0 Å². The molecule has 0 amide bonds. The van der Waals surface area contributed by atoms with Crippen molar-refractivity contribution in [3.8, 4) is 5.69 Å². The Labute approximate surface area is 128 Å². The first kappa shape index (κ1) is 15.6. The summed E-state index contributed by atoms with van der Waals surface area (Å²) in [6, 6.07) is 0. The number of carbonyl (C=O) groups is 1. The van der Waals surface area contributed by atoms with E-state index in [1.165, 1.54) is 11.8 Å². The van der Waals surface area contributed by atoms with Gasteiger partial charge in [0.25, 0.3) is 0 Å². The van der Waals surface area contributed by atoms with Crippen molar-refractivity contribution in [2.75, 3.05) is 5.75 Å². The number of thioether (sulfide) groups is 1. The molecule has 0 aliphatic rings. The number of aliphatic carboxylic acids is 1. The van der Waals surface area contributed by atoms with E-state index < -0.39 is 5.97 Å². The number of nitrogens with zero attached hydrogens (tertiary/aromatic N) is 4. The van der Waals surface area contributed by atoms with Gasteiger partial charge in [-0.05, 0) is 6.92 Å². The first-order chi connectivity index (χ1) is 9.82. The first-order valence-corrected chi connectivity index (χ1v) is 7.77. The summed E-state index contributed by atoms with van der Waals surface area (Å²) in [5, 5.41) is 13.8. The molecule has 0 spiro atoms. The van der Waals surface area contributed by atoms with Crippen molar-refractivity contribution in [2.45, 2.75) is 44.8 Å². The Bertz CT molecular complexity index is 640. The van der Waals surface area contributed by atoms with Gasteiger partial charge in [-0.2, -0.15) is 5.10 Å². The molecule has 6 nitrogen and oxygen atoms in total. The molecule has 0 fully saturated rings. The van der Waals surface area contributed by atoms with Crippen molar-refractivity contribution in [2.24, 2.45) is 0 Å². The van der Waals surface area contributed by atoms with Crippen molar-refractivity contribution in [3.05, 3.63) is 24.3 Å². The summed E-state index contributed by atoms with van der Waals surface area (Å²) in [5.41, 5.74) is 1.85. The van der Waals surface area contributed by atoms with Gasteiger partial charge in [-0.1, -0.05) is 32.5 Å². The summed E-state index contributed by atoms with van der Waals surface area (Å²) in [6.45, 7) is 9.13. The first-order valence-electron chi connectivity index (χ1n) is 6.78. The van der Waals surface area contributed by atoms with E-state index in [9.17, 15) is 4.79 Å². The SMILES string of the molecule is CCn1cc(-n2c(C(C)(C)C)cnc2SCC(=O)O)cn1. The smallest absolute Gasteiger partial charge is 0.313 e. The Hall–Kier alpha value is -1.76. The lowest BCUT2D eigenvalue weighted by molar-refractivity contribution is -0.133. The lowest BCUT2D eigenvalue weighted by Gasteiger charge is -2.20. The summed E-state index contributed by atoms with van der Waals surface area (Å²) in [7, 11) is 0. The number of carboxylic acid groups (broad SMARTS) is 1. The highest BCUT2D eigenvalue weighted by atomic mass is 32.2. The van der Waals surface area contributed by atoms with E-state index in [1.807, 2.05) is 28.6 Å². The average molecular weight is 308 g/mol. The lowest BCUT2D eigenvalue weighted by atomic mass is 9.92. The molecule has 7 heteroatoms. The Morgan fingerprint density at radius 2 is 2.10 bits per heavy atom. The molecule has 2 heterocycles. The maximum absolute atomic E-state index is 10.8. The number of imidazole rings is 1. The van der Waals surface area contributed by atoms with Crippen LogP contribution in [0.2, 0.25) is 0 Å². The van der Waals surface area contributed by atoms with Crippen molar-refractivity contribution in [1.82, 2.24) is 19.3 Å². The molecule has 0 radical (unpaired) electrons. The molecule has 2 aromatic heterocycles. The van der Waals surface area contributed by atoms with Gasteiger partial charge >= 0.3 is 5.97 Å². The number of hydrogen-bond acceptors (Lipinski definition) is 4. The van der Waals surface area contributed by atoms with Crippen LogP contribution in [0.3, 0.4) is 0 Å². The Kier molecular flexibility index (Phi) is 4.41. The van der Waals surface area contributed by atoms with E-state index in [0.29, 0.717) is 5.16 Å². The van der Waals surface area contributed by atoms with Crippen LogP contribution in [0, 0.1) is 0 Å². The van der Waals surface area contributed by atoms with Gasteiger partial charge in [0, 0.05) is 23.9 Å². The van der Waals surface area contributed by atoms with Gasteiger partial charge in [0.15, 0.2) is 5.16 Å². The van der Waals surface area contributed by atoms with Crippen LogP contribution in [0.5, 0.6) is 0 Å². The highest BCUT2D eigenvalue weighted by Gasteiger charge is 2.23. The van der Waals surface area contributed by atoms with E-state index in [1.54, 1.807) is 6.20 Å². The van der Waals surface area contributed by atoms with Crippen molar-refractivity contribution < 1.29 is 9.90 Å². The Morgan fingerprint density at radius 1 is 1.38 bits per heavy atom. The van der Waals surface area contributed by atoms with Gasteiger partial charge in [-0.25, -0.2) is 4.98 Å². The summed E-state index contributed by atoms with van der Waals surface area (Å²) in [4.78, 5) is 15.2. The van der Waals surface area contributed by atoms with E-state index in [0.717, 1.165) is 17.9 Å². The number of hydrogen-bond donors (Lipinski definition) is 1. The third kappa shape index (κ3) is 3.47. The predicted molar refractivity (Wildman–Crippen MR) is 82.1 cm³/mol. The summed E-state index contributed by atoms with van der Waals surface area (Å²) in [6.07, 6.45) is 5.54. The minimum atomic E-state index is -0.851. The third-order valence-electron chi connectivity index (χ3n) is 3.02. The molecular formula is C14H20N4O2S. The fourth-order valence-electron chi connectivity index (χ4n) is 1.98. The van der Waals surface area contributed by atoms with Crippen LogP contribution in [0.1, 0.15) is 33.4 Å². The van der Waals surface area contributed by atoms with E-state index >= 15 is 0 Å². The molecule has 0 aromatic carbocycles. The molecule has 2 aromatic rings. The summed E-state index contributed by atoms with van der Waals surface area (Å²) >= 11 is 1.22. The van der Waals surface area contributed by atoms with Crippen LogP contribution in [0.4, 0.5) is 0 Å². The topological polar surface area (TPSA) is 72.9 Å². The maximum atomic E-state index is 10.8. The number of carboxylic acids is 1. The molecule has 0 saturated carbocycles. The molecule has 0 aliphatic carbocycles. The van der Waals surface area contributed by atoms with Crippen LogP contribution in [-0.2, 0) is 16.8 Å². The highest BCUT2D eigenvalue weighted by molar-refractivity contribution is 7.99. The third-order valence-corrected chi connectivity index (χ3v) is 3.96. The van der Waals surface area contributed by atoms with Gasteiger partial charge in [0.1, 0.15) is 0 Å². The zero-order chi connectivity index (χ0) is 15.6. The van der Waals surface area contributed by atoms with Crippen LogP contribution in [-0.4, -0.2) is 36.2 Å². The quantitative estimate of drug-likeness (QED) is 0.859. The van der Waals surface area contributed by atoms with Gasteiger partial charge < -0.3 is 5.11 Å². The minimum absolute atomic E-state index is 0.0114. The Balaban J connectivity index is 2.47. The molecule has 0 unspecified atom stereocenters. The molecule has 0 saturated heterocycles. The molecule has 21 heavy (non-hydrogen) atoms. The van der Waals surface area contributed by atoms with Gasteiger partial charge in [-0.15, -0.1) is 0 Å². The standard InChI is InChI=1S/C14H20N4O2S/c1-5-17-8-10(6-16-17)18-11(14(2,3)4)7-15-13(18)21-9-12(19)20/h6-8H,5,9H2,1-4H3,(H,19,20). The van der Waals surface area contributed by atoms with E-state index in [-0.39, 0.29) is 11.2 Å². The molecule has 1 N–H and O–H groups in total. The highest BCUT2D eigenvalue weighted by Crippen LogP contribution is 2.30. The largest absolute Gasteiger partial charge is 0.481 e. The second-order valence-corrected chi connectivity index (χ2v) is 6.69. The molecule has 0 bridgehead atoms. The monoisotopic (exact) mass is 308 g/mol. The molecule has 114 valence electrons. The number of rotatable bonds is 5. The van der Waals surface area contributed by atoms with Crippen LogP contribution in [0.25, 0.3) is 5.69 Å². The fraction of sp³-hybridized carbons (Fsp3) is 0.500. The average Bonchev–Trinajstić information content (AvgIpc) is 3.01.